The van der Waals surface area contributed by atoms with Crippen LogP contribution in [0, 0.1) is 23.2 Å². The second kappa shape index (κ2) is 4.94. The monoisotopic (exact) mass is 222 g/mol. The Morgan fingerprint density at radius 2 is 1.69 bits per heavy atom. The predicted octanol–water partition coefficient (Wildman–Crippen LogP) is 5.44. The van der Waals surface area contributed by atoms with Crippen LogP contribution < -0.4 is 0 Å². The third kappa shape index (κ3) is 3.12. The average Bonchev–Trinajstić information content (AvgIpc) is 2.15. The fourth-order valence-electron chi connectivity index (χ4n) is 2.90. The van der Waals surface area contributed by atoms with Crippen LogP contribution in [-0.2, 0) is 0 Å². The molecule has 0 bridgehead atoms. The molecule has 0 heteroatoms. The molecule has 0 amide bonds. The van der Waals surface area contributed by atoms with Crippen molar-refractivity contribution in [1.82, 2.24) is 0 Å². The third-order valence-corrected chi connectivity index (χ3v) is 4.64. The second-order valence-corrected chi connectivity index (χ2v) is 7.14. The second-order valence-electron chi connectivity index (χ2n) is 7.14. The molecule has 1 aliphatic rings. The smallest absolute Gasteiger partial charge is 0.0206 e. The average molecular weight is 222 g/mol. The highest BCUT2D eigenvalue weighted by atomic mass is 14.4. The van der Waals surface area contributed by atoms with E-state index in [1.807, 2.05) is 0 Å². The van der Waals surface area contributed by atoms with Crippen molar-refractivity contribution in [2.45, 2.75) is 67.7 Å². The van der Waals surface area contributed by atoms with E-state index >= 15 is 0 Å². The Kier molecular flexibility index (Phi) is 4.26. The van der Waals surface area contributed by atoms with Crippen LogP contribution in [0.15, 0.2) is 11.1 Å². The van der Waals surface area contributed by atoms with Crippen LogP contribution in [0.25, 0.3) is 0 Å². The summed E-state index contributed by atoms with van der Waals surface area (Å²) in [5.41, 5.74) is 3.93. The molecule has 0 heterocycles. The third-order valence-electron chi connectivity index (χ3n) is 4.64. The highest BCUT2D eigenvalue weighted by Crippen LogP contribution is 2.42. The molecule has 0 fully saturated rings. The van der Waals surface area contributed by atoms with Crippen LogP contribution in [0.4, 0.5) is 0 Å². The maximum Gasteiger partial charge on any atom is -0.0206 e. The normalized spacial score (nSPS) is 25.1. The van der Waals surface area contributed by atoms with Gasteiger partial charge in [-0.1, -0.05) is 52.7 Å². The number of rotatable bonds is 2. The molecule has 0 aliphatic heterocycles. The van der Waals surface area contributed by atoms with Gasteiger partial charge in [0.2, 0.25) is 0 Å². The van der Waals surface area contributed by atoms with Crippen molar-refractivity contribution >= 4 is 0 Å². The molecule has 94 valence electrons. The lowest BCUT2D eigenvalue weighted by atomic mass is 9.68. The Morgan fingerprint density at radius 3 is 2.06 bits per heavy atom. The Labute approximate surface area is 103 Å². The summed E-state index contributed by atoms with van der Waals surface area (Å²) >= 11 is 0. The number of allylic oxidation sites excluding steroid dienone is 2. The Hall–Kier alpha value is -0.260. The molecule has 2 unspecified atom stereocenters. The lowest BCUT2D eigenvalue weighted by molar-refractivity contribution is 0.210. The maximum atomic E-state index is 2.40. The highest BCUT2D eigenvalue weighted by molar-refractivity contribution is 5.19. The van der Waals surface area contributed by atoms with Gasteiger partial charge in [-0.2, -0.15) is 0 Å². The van der Waals surface area contributed by atoms with Crippen LogP contribution in [0.1, 0.15) is 67.7 Å². The summed E-state index contributed by atoms with van der Waals surface area (Å²) in [4.78, 5) is 0. The van der Waals surface area contributed by atoms with Crippen LogP contribution in [0.3, 0.4) is 0 Å². The van der Waals surface area contributed by atoms with Gasteiger partial charge in [0.15, 0.2) is 0 Å². The van der Waals surface area contributed by atoms with Crippen LogP contribution in [-0.4, -0.2) is 0 Å². The standard InChI is InChI=1S/C16H30/c1-11(2)13(4)15-9-8-14(10-12(15)3)16(5,6)7/h11,13-14H,8-10H2,1-7H3. The zero-order valence-corrected chi connectivity index (χ0v) is 12.4. The molecule has 0 N–H and O–H groups in total. The summed E-state index contributed by atoms with van der Waals surface area (Å²) in [6, 6.07) is 0. The fourth-order valence-corrected chi connectivity index (χ4v) is 2.90. The van der Waals surface area contributed by atoms with E-state index in [2.05, 4.69) is 48.5 Å². The molecule has 0 spiro atoms. The van der Waals surface area contributed by atoms with E-state index in [1.165, 1.54) is 19.3 Å². The topological polar surface area (TPSA) is 0 Å². The minimum Gasteiger partial charge on any atom is -0.0735 e. The van der Waals surface area contributed by atoms with E-state index < -0.39 is 0 Å². The van der Waals surface area contributed by atoms with Gasteiger partial charge in [-0.3, -0.25) is 0 Å². The first-order valence-corrected chi connectivity index (χ1v) is 6.92. The van der Waals surface area contributed by atoms with E-state index in [9.17, 15) is 0 Å². The summed E-state index contributed by atoms with van der Waals surface area (Å²) < 4.78 is 0. The lowest BCUT2D eigenvalue weighted by Gasteiger charge is -2.37. The quantitative estimate of drug-likeness (QED) is 0.546. The predicted molar refractivity (Wildman–Crippen MR) is 73.5 cm³/mol. The first-order chi connectivity index (χ1) is 7.23. The molecular formula is C16H30. The van der Waals surface area contributed by atoms with Gasteiger partial charge in [-0.15, -0.1) is 0 Å². The number of hydrogen-bond donors (Lipinski definition) is 0. The zero-order chi connectivity index (χ0) is 12.5. The van der Waals surface area contributed by atoms with Gasteiger partial charge < -0.3 is 0 Å². The summed E-state index contributed by atoms with van der Waals surface area (Å²) in [5, 5.41) is 0. The van der Waals surface area contributed by atoms with Crippen LogP contribution in [0.5, 0.6) is 0 Å². The minimum absolute atomic E-state index is 0.480. The summed E-state index contributed by atoms with van der Waals surface area (Å²) in [5.74, 6) is 2.45. The van der Waals surface area contributed by atoms with Gasteiger partial charge in [0.1, 0.15) is 0 Å². The molecule has 0 aromatic rings. The molecule has 0 aromatic heterocycles. The maximum absolute atomic E-state index is 2.40. The molecule has 0 nitrogen and oxygen atoms in total. The first kappa shape index (κ1) is 13.8. The van der Waals surface area contributed by atoms with E-state index in [-0.39, 0.29) is 0 Å². The highest BCUT2D eigenvalue weighted by Gasteiger charge is 2.30. The summed E-state index contributed by atoms with van der Waals surface area (Å²) in [7, 11) is 0. The van der Waals surface area contributed by atoms with Gasteiger partial charge in [0, 0.05) is 0 Å². The first-order valence-electron chi connectivity index (χ1n) is 6.92. The van der Waals surface area contributed by atoms with Gasteiger partial charge in [-0.25, -0.2) is 0 Å². The Bertz CT molecular complexity index is 262. The lowest BCUT2D eigenvalue weighted by Crippen LogP contribution is -2.25. The zero-order valence-electron chi connectivity index (χ0n) is 12.4. The van der Waals surface area contributed by atoms with E-state index in [0.29, 0.717) is 5.41 Å². The van der Waals surface area contributed by atoms with Crippen molar-refractivity contribution in [3.63, 3.8) is 0 Å². The molecule has 0 aromatic carbocycles. The van der Waals surface area contributed by atoms with Gasteiger partial charge in [0.25, 0.3) is 0 Å². The van der Waals surface area contributed by atoms with Gasteiger partial charge >= 0.3 is 0 Å². The molecule has 1 rings (SSSR count). The fraction of sp³-hybridized carbons (Fsp3) is 0.875. The summed E-state index contributed by atoms with van der Waals surface area (Å²) in [6.07, 6.45) is 4.07. The molecule has 1 aliphatic carbocycles. The van der Waals surface area contributed by atoms with Crippen molar-refractivity contribution in [1.29, 1.82) is 0 Å². The van der Waals surface area contributed by atoms with Gasteiger partial charge in [0.05, 0.1) is 0 Å². The van der Waals surface area contributed by atoms with Crippen molar-refractivity contribution in [2.24, 2.45) is 23.2 Å². The van der Waals surface area contributed by atoms with Gasteiger partial charge in [-0.05, 0) is 49.4 Å². The molecule has 2 atom stereocenters. The van der Waals surface area contributed by atoms with Crippen molar-refractivity contribution in [3.8, 4) is 0 Å². The minimum atomic E-state index is 0.480. The Morgan fingerprint density at radius 1 is 1.12 bits per heavy atom. The molecular weight excluding hydrogens is 192 g/mol. The molecule has 0 saturated carbocycles. The Balaban J connectivity index is 2.78. The van der Waals surface area contributed by atoms with E-state index in [1.54, 1.807) is 11.1 Å². The van der Waals surface area contributed by atoms with E-state index in [0.717, 1.165) is 17.8 Å². The largest absolute Gasteiger partial charge is 0.0735 e. The molecule has 16 heavy (non-hydrogen) atoms. The van der Waals surface area contributed by atoms with Crippen molar-refractivity contribution in [2.75, 3.05) is 0 Å². The van der Waals surface area contributed by atoms with Crippen molar-refractivity contribution in [3.05, 3.63) is 11.1 Å². The number of hydrogen-bond acceptors (Lipinski definition) is 0. The summed E-state index contributed by atoms with van der Waals surface area (Å²) in [6.45, 7) is 16.6. The SMILES string of the molecule is CC1=C(C(C)C(C)C)CCC(C(C)(C)C)C1. The molecule has 0 radical (unpaired) electrons. The van der Waals surface area contributed by atoms with Crippen molar-refractivity contribution < 1.29 is 0 Å². The molecule has 0 saturated heterocycles. The van der Waals surface area contributed by atoms with Crippen LogP contribution >= 0.6 is 0 Å². The van der Waals surface area contributed by atoms with E-state index in [4.69, 9.17) is 0 Å². The van der Waals surface area contributed by atoms with Crippen LogP contribution in [0.2, 0.25) is 0 Å².